The lowest BCUT2D eigenvalue weighted by molar-refractivity contribution is 0.348. The predicted molar refractivity (Wildman–Crippen MR) is 76.3 cm³/mol. The van der Waals surface area contributed by atoms with Crippen LogP contribution in [0.25, 0.3) is 0 Å². The average Bonchev–Trinajstić information content (AvgIpc) is 2.51. The van der Waals surface area contributed by atoms with Crippen LogP contribution in [0.2, 0.25) is 0 Å². The van der Waals surface area contributed by atoms with Crippen LogP contribution >= 0.6 is 0 Å². The van der Waals surface area contributed by atoms with Crippen molar-refractivity contribution in [1.29, 1.82) is 0 Å². The molecule has 1 aliphatic rings. The molecule has 1 saturated heterocycles. The standard InChI is InChI=1S/C13H28N2O2S/c1-11(5-4-6-12(2)14)9-15-13(3)7-8-18(16,17)10-13/h11-12,15H,4-10,14H2,1-3H3. The summed E-state index contributed by atoms with van der Waals surface area (Å²) in [4.78, 5) is 0. The lowest BCUT2D eigenvalue weighted by Crippen LogP contribution is -2.45. The number of hydrogen-bond donors (Lipinski definition) is 2. The van der Waals surface area contributed by atoms with Crippen molar-refractivity contribution in [1.82, 2.24) is 5.32 Å². The first-order valence-corrected chi connectivity index (χ1v) is 8.76. The highest BCUT2D eigenvalue weighted by Crippen LogP contribution is 2.23. The second-order valence-electron chi connectivity index (χ2n) is 6.30. The molecule has 0 saturated carbocycles. The fraction of sp³-hybridized carbons (Fsp3) is 1.00. The van der Waals surface area contributed by atoms with Gasteiger partial charge in [-0.3, -0.25) is 0 Å². The summed E-state index contributed by atoms with van der Waals surface area (Å²) in [5.41, 5.74) is 5.51. The number of sulfone groups is 1. The van der Waals surface area contributed by atoms with Gasteiger partial charge < -0.3 is 11.1 Å². The van der Waals surface area contributed by atoms with Crippen molar-refractivity contribution >= 4 is 9.84 Å². The molecule has 0 aromatic carbocycles. The zero-order valence-electron chi connectivity index (χ0n) is 11.9. The van der Waals surface area contributed by atoms with Crippen LogP contribution in [-0.4, -0.2) is 38.0 Å². The van der Waals surface area contributed by atoms with Crippen LogP contribution in [0.3, 0.4) is 0 Å². The fourth-order valence-electron chi connectivity index (χ4n) is 2.46. The molecule has 4 nitrogen and oxygen atoms in total. The first-order chi connectivity index (χ1) is 8.22. The van der Waals surface area contributed by atoms with Gasteiger partial charge in [-0.2, -0.15) is 0 Å². The van der Waals surface area contributed by atoms with Crippen molar-refractivity contribution in [3.05, 3.63) is 0 Å². The van der Waals surface area contributed by atoms with Gasteiger partial charge in [0.1, 0.15) is 0 Å². The Kier molecular flexibility index (Phi) is 5.62. The van der Waals surface area contributed by atoms with Crippen LogP contribution in [-0.2, 0) is 9.84 Å². The highest BCUT2D eigenvalue weighted by atomic mass is 32.2. The average molecular weight is 276 g/mol. The topological polar surface area (TPSA) is 72.2 Å². The zero-order valence-corrected chi connectivity index (χ0v) is 12.7. The number of hydrogen-bond acceptors (Lipinski definition) is 4. The maximum absolute atomic E-state index is 11.5. The summed E-state index contributed by atoms with van der Waals surface area (Å²) in [6.07, 6.45) is 4.10. The first-order valence-electron chi connectivity index (χ1n) is 6.93. The van der Waals surface area contributed by atoms with E-state index in [0.717, 1.165) is 32.2 Å². The van der Waals surface area contributed by atoms with Crippen LogP contribution in [0.5, 0.6) is 0 Å². The third kappa shape index (κ3) is 5.67. The van der Waals surface area contributed by atoms with E-state index in [1.165, 1.54) is 0 Å². The fourth-order valence-corrected chi connectivity index (χ4v) is 4.58. The van der Waals surface area contributed by atoms with Gasteiger partial charge in [-0.15, -0.1) is 0 Å². The molecule has 1 aliphatic heterocycles. The van der Waals surface area contributed by atoms with Crippen LogP contribution in [0.4, 0.5) is 0 Å². The molecule has 0 bridgehead atoms. The Morgan fingerprint density at radius 1 is 1.33 bits per heavy atom. The molecule has 0 radical (unpaired) electrons. The molecule has 3 unspecified atom stereocenters. The summed E-state index contributed by atoms with van der Waals surface area (Å²) in [7, 11) is -2.81. The van der Waals surface area contributed by atoms with Gasteiger partial charge in [0.15, 0.2) is 9.84 Å². The Morgan fingerprint density at radius 3 is 2.50 bits per heavy atom. The third-order valence-electron chi connectivity index (χ3n) is 3.74. The minimum atomic E-state index is -2.81. The van der Waals surface area contributed by atoms with Gasteiger partial charge in [0.05, 0.1) is 11.5 Å². The van der Waals surface area contributed by atoms with Crippen molar-refractivity contribution in [3.63, 3.8) is 0 Å². The molecule has 1 fully saturated rings. The molecule has 3 atom stereocenters. The molecule has 108 valence electrons. The number of rotatable bonds is 7. The maximum atomic E-state index is 11.5. The summed E-state index contributed by atoms with van der Waals surface area (Å²) in [5.74, 6) is 1.19. The van der Waals surface area contributed by atoms with Gasteiger partial charge in [-0.25, -0.2) is 8.42 Å². The van der Waals surface area contributed by atoms with Crippen LogP contribution < -0.4 is 11.1 Å². The molecule has 3 N–H and O–H groups in total. The first kappa shape index (κ1) is 15.9. The van der Waals surface area contributed by atoms with Gasteiger partial charge in [-0.05, 0) is 45.6 Å². The molecule has 0 spiro atoms. The van der Waals surface area contributed by atoms with Gasteiger partial charge >= 0.3 is 0 Å². The maximum Gasteiger partial charge on any atom is 0.152 e. The molecule has 1 rings (SSSR count). The largest absolute Gasteiger partial charge is 0.328 e. The molecular formula is C13H28N2O2S. The third-order valence-corrected chi connectivity index (χ3v) is 5.64. The summed E-state index contributed by atoms with van der Waals surface area (Å²) in [6, 6.07) is 0.280. The molecular weight excluding hydrogens is 248 g/mol. The van der Waals surface area contributed by atoms with Crippen molar-refractivity contribution in [2.75, 3.05) is 18.1 Å². The van der Waals surface area contributed by atoms with Crippen molar-refractivity contribution in [3.8, 4) is 0 Å². The lowest BCUT2D eigenvalue weighted by Gasteiger charge is -2.26. The number of nitrogens with two attached hydrogens (primary N) is 1. The van der Waals surface area contributed by atoms with Crippen LogP contribution in [0, 0.1) is 5.92 Å². The zero-order chi connectivity index (χ0) is 13.8. The Morgan fingerprint density at radius 2 is 2.00 bits per heavy atom. The van der Waals surface area contributed by atoms with Crippen LogP contribution in [0.1, 0.15) is 46.5 Å². The highest BCUT2D eigenvalue weighted by Gasteiger charge is 2.37. The second kappa shape index (κ2) is 6.35. The molecule has 0 aromatic heterocycles. The van der Waals surface area contributed by atoms with Gasteiger partial charge in [-0.1, -0.05) is 13.3 Å². The van der Waals surface area contributed by atoms with E-state index in [1.807, 2.05) is 13.8 Å². The second-order valence-corrected chi connectivity index (χ2v) is 8.48. The van der Waals surface area contributed by atoms with E-state index in [9.17, 15) is 8.42 Å². The minimum Gasteiger partial charge on any atom is -0.328 e. The van der Waals surface area contributed by atoms with Crippen molar-refractivity contribution < 1.29 is 8.42 Å². The predicted octanol–water partition coefficient (Wildman–Crippen LogP) is 1.31. The van der Waals surface area contributed by atoms with Gasteiger partial charge in [0, 0.05) is 11.6 Å². The van der Waals surface area contributed by atoms with E-state index in [4.69, 9.17) is 5.73 Å². The Labute approximate surface area is 112 Å². The molecule has 18 heavy (non-hydrogen) atoms. The lowest BCUT2D eigenvalue weighted by atomic mass is 9.98. The van der Waals surface area contributed by atoms with E-state index in [-0.39, 0.29) is 17.3 Å². The molecule has 0 aliphatic carbocycles. The molecule has 0 aromatic rings. The molecule has 1 heterocycles. The molecule has 0 amide bonds. The Hall–Kier alpha value is -0.130. The summed E-state index contributed by atoms with van der Waals surface area (Å²) in [5, 5.41) is 3.44. The monoisotopic (exact) mass is 276 g/mol. The smallest absolute Gasteiger partial charge is 0.152 e. The Balaban J connectivity index is 2.24. The quantitative estimate of drug-likeness (QED) is 0.735. The van der Waals surface area contributed by atoms with E-state index in [1.54, 1.807) is 0 Å². The minimum absolute atomic E-state index is 0.214. The van der Waals surface area contributed by atoms with Crippen molar-refractivity contribution in [2.45, 2.75) is 58.0 Å². The molecule has 5 heteroatoms. The summed E-state index contributed by atoms with van der Waals surface area (Å²) < 4.78 is 23.0. The van der Waals surface area contributed by atoms with E-state index >= 15 is 0 Å². The van der Waals surface area contributed by atoms with Gasteiger partial charge in [0.25, 0.3) is 0 Å². The Bertz CT molecular complexity index is 354. The van der Waals surface area contributed by atoms with E-state index in [2.05, 4.69) is 12.2 Å². The summed E-state index contributed by atoms with van der Waals surface area (Å²) in [6.45, 7) is 7.16. The SMILES string of the molecule is CC(N)CCCC(C)CNC1(C)CCS(=O)(=O)C1. The van der Waals surface area contributed by atoms with Crippen LogP contribution in [0.15, 0.2) is 0 Å². The summed E-state index contributed by atoms with van der Waals surface area (Å²) >= 11 is 0. The van der Waals surface area contributed by atoms with Gasteiger partial charge in [0.2, 0.25) is 0 Å². The normalized spacial score (nSPS) is 30.2. The number of nitrogens with one attached hydrogen (secondary N) is 1. The highest BCUT2D eigenvalue weighted by molar-refractivity contribution is 7.91. The van der Waals surface area contributed by atoms with E-state index < -0.39 is 9.84 Å². The van der Waals surface area contributed by atoms with Crippen molar-refractivity contribution in [2.24, 2.45) is 11.7 Å². The van der Waals surface area contributed by atoms with E-state index in [0.29, 0.717) is 11.7 Å².